The number of rotatable bonds is 1. The van der Waals surface area contributed by atoms with E-state index in [1.54, 1.807) is 0 Å². The predicted octanol–water partition coefficient (Wildman–Crippen LogP) is 4.04. The Kier molecular flexibility index (Phi) is 4.87. The summed E-state index contributed by atoms with van der Waals surface area (Å²) in [5.74, 6) is 0. The van der Waals surface area contributed by atoms with Crippen molar-refractivity contribution in [2.75, 3.05) is 6.54 Å². The van der Waals surface area contributed by atoms with Crippen LogP contribution in [0.25, 0.3) is 0 Å². The van der Waals surface area contributed by atoms with Crippen molar-refractivity contribution in [2.24, 2.45) is 0 Å². The number of amides is 1. The molecule has 1 amide bonds. The molecule has 1 atom stereocenters. The van der Waals surface area contributed by atoms with Crippen LogP contribution in [-0.2, 0) is 4.74 Å². The van der Waals surface area contributed by atoms with Crippen LogP contribution in [0, 0.1) is 0 Å². The Morgan fingerprint density at radius 2 is 1.78 bits per heavy atom. The van der Waals surface area contributed by atoms with Crippen LogP contribution >= 0.6 is 0 Å². The summed E-state index contributed by atoms with van der Waals surface area (Å²) in [5.41, 5.74) is 0.0303. The second-order valence-corrected chi connectivity index (χ2v) is 12.8. The zero-order valence-electron chi connectivity index (χ0n) is 12.9. The molecule has 0 aliphatic carbocycles. The number of nitrogens with zero attached hydrogens (tertiary/aromatic N) is 1. The number of ether oxygens (including phenoxy) is 1. The third-order valence-electron chi connectivity index (χ3n) is 3.38. The lowest BCUT2D eigenvalue weighted by Crippen LogP contribution is -2.54. The zero-order valence-corrected chi connectivity index (χ0v) is 13.9. The summed E-state index contributed by atoms with van der Waals surface area (Å²) < 4.78 is 5.57. The number of hydrogen-bond donors (Lipinski definition) is 0. The van der Waals surface area contributed by atoms with Crippen LogP contribution in [0.4, 0.5) is 4.79 Å². The van der Waals surface area contributed by atoms with Gasteiger partial charge in [-0.1, -0.05) is 32.5 Å². The molecule has 0 aromatic heterocycles. The average molecular weight is 271 g/mol. The van der Waals surface area contributed by atoms with Gasteiger partial charge in [-0.25, -0.2) is 4.79 Å². The van der Waals surface area contributed by atoms with E-state index in [0.717, 1.165) is 19.4 Å². The van der Waals surface area contributed by atoms with Crippen molar-refractivity contribution < 1.29 is 9.53 Å². The van der Waals surface area contributed by atoms with E-state index >= 15 is 0 Å². The molecule has 0 aromatic rings. The van der Waals surface area contributed by atoms with E-state index in [1.165, 1.54) is 12.8 Å². The minimum atomic E-state index is -1.36. The summed E-state index contributed by atoms with van der Waals surface area (Å²) in [6.07, 6.45) is 4.63. The van der Waals surface area contributed by atoms with Crippen LogP contribution < -0.4 is 0 Å². The highest BCUT2D eigenvalue weighted by Gasteiger charge is 2.37. The molecule has 106 valence electrons. The van der Waals surface area contributed by atoms with Gasteiger partial charge in [-0.15, -0.1) is 0 Å². The minimum absolute atomic E-state index is 0.114. The average Bonchev–Trinajstić information content (AvgIpc) is 2.37. The van der Waals surface area contributed by atoms with Crippen LogP contribution in [0.2, 0.25) is 19.6 Å². The minimum Gasteiger partial charge on any atom is -0.444 e. The van der Waals surface area contributed by atoms with Crippen LogP contribution in [0.5, 0.6) is 0 Å². The summed E-state index contributed by atoms with van der Waals surface area (Å²) >= 11 is 0. The normalized spacial score (nSPS) is 22.6. The third-order valence-corrected chi connectivity index (χ3v) is 5.98. The van der Waals surface area contributed by atoms with Gasteiger partial charge in [0.25, 0.3) is 0 Å². The van der Waals surface area contributed by atoms with Gasteiger partial charge in [-0.3, -0.25) is 0 Å². The fourth-order valence-corrected chi connectivity index (χ4v) is 4.79. The van der Waals surface area contributed by atoms with Crippen LogP contribution in [-0.4, -0.2) is 36.9 Å². The Balaban J connectivity index is 2.83. The second-order valence-electron chi connectivity index (χ2n) is 7.40. The maximum Gasteiger partial charge on any atom is 0.410 e. The van der Waals surface area contributed by atoms with Crippen molar-refractivity contribution in [1.29, 1.82) is 0 Å². The van der Waals surface area contributed by atoms with Gasteiger partial charge in [-0.05, 0) is 33.6 Å². The van der Waals surface area contributed by atoms with Crippen LogP contribution in [0.3, 0.4) is 0 Å². The van der Waals surface area contributed by atoms with Gasteiger partial charge in [0.15, 0.2) is 0 Å². The molecular formula is C14H29NO2Si. The Morgan fingerprint density at radius 3 is 2.28 bits per heavy atom. The Hall–Kier alpha value is -0.513. The first-order chi connectivity index (χ1) is 8.11. The monoisotopic (exact) mass is 271 g/mol. The van der Waals surface area contributed by atoms with Gasteiger partial charge < -0.3 is 9.64 Å². The standard InChI is InChI=1S/C14H29NO2Si/c1-14(2,3)17-13(16)15-11-9-7-8-10-12(15)18(4,5)6/h12H,7-11H2,1-6H3/t12-/m0/s1. The fourth-order valence-electron chi connectivity index (χ4n) is 2.55. The van der Waals surface area contributed by atoms with Crippen LogP contribution in [0.1, 0.15) is 46.5 Å². The van der Waals surface area contributed by atoms with Crippen molar-refractivity contribution >= 4 is 14.2 Å². The molecule has 0 aromatic carbocycles. The number of carbonyl (C=O) groups is 1. The third kappa shape index (κ3) is 4.63. The van der Waals surface area contributed by atoms with E-state index < -0.39 is 13.7 Å². The molecule has 1 aliphatic rings. The predicted molar refractivity (Wildman–Crippen MR) is 78.5 cm³/mol. The molecule has 0 spiro atoms. The number of hydrogen-bond acceptors (Lipinski definition) is 2. The van der Waals surface area contributed by atoms with Crippen molar-refractivity contribution in [1.82, 2.24) is 4.90 Å². The highest BCUT2D eigenvalue weighted by molar-refractivity contribution is 6.77. The quantitative estimate of drug-likeness (QED) is 0.674. The molecule has 0 N–H and O–H groups in total. The molecule has 1 rings (SSSR count). The first-order valence-corrected chi connectivity index (χ1v) is 10.7. The molecule has 18 heavy (non-hydrogen) atoms. The summed E-state index contributed by atoms with van der Waals surface area (Å²) in [6, 6.07) is 0. The van der Waals surface area contributed by atoms with Gasteiger partial charge in [0.1, 0.15) is 5.60 Å². The molecule has 3 nitrogen and oxygen atoms in total. The van der Waals surface area contributed by atoms with E-state index in [0.29, 0.717) is 5.67 Å². The van der Waals surface area contributed by atoms with E-state index in [9.17, 15) is 4.79 Å². The van der Waals surface area contributed by atoms with Crippen LogP contribution in [0.15, 0.2) is 0 Å². The zero-order chi connectivity index (χ0) is 14.0. The molecule has 0 radical (unpaired) electrons. The lowest BCUT2D eigenvalue weighted by Gasteiger charge is -2.38. The van der Waals surface area contributed by atoms with Gasteiger partial charge in [-0.2, -0.15) is 0 Å². The Bertz CT molecular complexity index is 291. The Labute approximate surface area is 113 Å². The number of likely N-dealkylation sites (tertiary alicyclic amines) is 1. The smallest absolute Gasteiger partial charge is 0.410 e. The maximum absolute atomic E-state index is 12.3. The number of carbonyl (C=O) groups excluding carboxylic acids is 1. The van der Waals surface area contributed by atoms with E-state index in [-0.39, 0.29) is 6.09 Å². The van der Waals surface area contributed by atoms with E-state index in [1.807, 2.05) is 25.7 Å². The molecule has 1 saturated heterocycles. The summed E-state index contributed by atoms with van der Waals surface area (Å²) in [7, 11) is -1.36. The molecule has 1 aliphatic heterocycles. The lowest BCUT2D eigenvalue weighted by atomic mass is 10.2. The summed E-state index contributed by atoms with van der Waals surface area (Å²) in [4.78, 5) is 14.4. The van der Waals surface area contributed by atoms with Gasteiger partial charge in [0.05, 0.1) is 8.07 Å². The highest BCUT2D eigenvalue weighted by Crippen LogP contribution is 2.26. The van der Waals surface area contributed by atoms with Crippen molar-refractivity contribution in [3.63, 3.8) is 0 Å². The van der Waals surface area contributed by atoms with Crippen molar-refractivity contribution in [3.8, 4) is 0 Å². The van der Waals surface area contributed by atoms with Gasteiger partial charge in [0, 0.05) is 12.2 Å². The van der Waals surface area contributed by atoms with E-state index in [2.05, 4.69) is 19.6 Å². The van der Waals surface area contributed by atoms with Gasteiger partial charge >= 0.3 is 6.09 Å². The summed E-state index contributed by atoms with van der Waals surface area (Å²) in [5, 5.41) is 0. The highest BCUT2D eigenvalue weighted by atomic mass is 28.3. The molecule has 1 heterocycles. The molecule has 0 unspecified atom stereocenters. The van der Waals surface area contributed by atoms with Crippen molar-refractivity contribution in [2.45, 2.75) is 77.4 Å². The first kappa shape index (κ1) is 15.5. The maximum atomic E-state index is 12.3. The molecule has 0 bridgehead atoms. The molecule has 0 saturated carbocycles. The Morgan fingerprint density at radius 1 is 1.17 bits per heavy atom. The fraction of sp³-hybridized carbons (Fsp3) is 0.929. The van der Waals surface area contributed by atoms with Gasteiger partial charge in [0.2, 0.25) is 0 Å². The molecule has 1 fully saturated rings. The lowest BCUT2D eigenvalue weighted by molar-refractivity contribution is 0.0220. The SMILES string of the molecule is CC(C)(C)OC(=O)N1CCCCC[C@@H]1[Si](C)(C)C. The first-order valence-electron chi connectivity index (χ1n) is 7.11. The topological polar surface area (TPSA) is 29.5 Å². The molecular weight excluding hydrogens is 242 g/mol. The molecule has 4 heteroatoms. The van der Waals surface area contributed by atoms with Crippen molar-refractivity contribution in [3.05, 3.63) is 0 Å². The largest absolute Gasteiger partial charge is 0.444 e. The van der Waals surface area contributed by atoms with E-state index in [4.69, 9.17) is 4.74 Å². The summed E-state index contributed by atoms with van der Waals surface area (Å²) in [6.45, 7) is 13.7. The second kappa shape index (κ2) is 5.64.